The molecule has 144 valence electrons. The smallest absolute Gasteiger partial charge is 0.279 e. The van der Waals surface area contributed by atoms with Crippen LogP contribution in [0.25, 0.3) is 11.3 Å². The van der Waals surface area contributed by atoms with Gasteiger partial charge >= 0.3 is 0 Å². The van der Waals surface area contributed by atoms with Crippen LogP contribution >= 0.6 is 11.3 Å². The number of nitrogens with zero attached hydrogens (tertiary/aromatic N) is 3. The number of rotatable bonds is 5. The van der Waals surface area contributed by atoms with E-state index in [9.17, 15) is 14.9 Å². The zero-order valence-corrected chi connectivity index (χ0v) is 16.5. The van der Waals surface area contributed by atoms with Gasteiger partial charge in [-0.25, -0.2) is 0 Å². The molecule has 2 aromatic carbocycles. The summed E-state index contributed by atoms with van der Waals surface area (Å²) in [6.07, 6.45) is 0.807. The molecule has 0 aliphatic heterocycles. The lowest BCUT2D eigenvalue weighted by Gasteiger charge is -2.07. The van der Waals surface area contributed by atoms with Crippen LogP contribution in [0.1, 0.15) is 22.2 Å². The Bertz CT molecular complexity index is 1080. The van der Waals surface area contributed by atoms with Crippen molar-refractivity contribution in [1.82, 2.24) is 4.57 Å². The number of nitro benzene ring substituents is 1. The van der Waals surface area contributed by atoms with Gasteiger partial charge in [-0.3, -0.25) is 14.9 Å². The van der Waals surface area contributed by atoms with Crippen molar-refractivity contribution in [2.24, 2.45) is 12.0 Å². The second kappa shape index (κ2) is 8.18. The van der Waals surface area contributed by atoms with Crippen molar-refractivity contribution in [3.63, 3.8) is 0 Å². The van der Waals surface area contributed by atoms with Gasteiger partial charge in [-0.1, -0.05) is 6.92 Å². The van der Waals surface area contributed by atoms with E-state index in [4.69, 9.17) is 4.74 Å². The molecule has 3 aromatic rings. The van der Waals surface area contributed by atoms with Gasteiger partial charge < -0.3 is 9.30 Å². The average molecular weight is 397 g/mol. The first kappa shape index (κ1) is 19.5. The van der Waals surface area contributed by atoms with Crippen LogP contribution in [0.5, 0.6) is 5.75 Å². The number of non-ortho nitro benzene ring substituents is 1. The summed E-state index contributed by atoms with van der Waals surface area (Å²) in [5, 5.41) is 10.8. The van der Waals surface area contributed by atoms with E-state index in [1.165, 1.54) is 35.6 Å². The van der Waals surface area contributed by atoms with E-state index < -0.39 is 10.8 Å². The molecule has 0 saturated carbocycles. The number of amides is 1. The molecule has 8 heteroatoms. The van der Waals surface area contributed by atoms with Crippen LogP contribution in [0, 0.1) is 10.1 Å². The zero-order valence-electron chi connectivity index (χ0n) is 15.7. The van der Waals surface area contributed by atoms with E-state index in [1.54, 1.807) is 7.11 Å². The molecule has 0 fully saturated rings. The van der Waals surface area contributed by atoms with E-state index in [-0.39, 0.29) is 5.69 Å². The predicted molar refractivity (Wildman–Crippen MR) is 108 cm³/mol. The van der Waals surface area contributed by atoms with Gasteiger partial charge in [0.1, 0.15) is 5.75 Å². The molecule has 28 heavy (non-hydrogen) atoms. The molecule has 3 rings (SSSR count). The second-order valence-corrected chi connectivity index (χ2v) is 7.08. The molecule has 0 spiro atoms. The normalized spacial score (nSPS) is 11.5. The number of nitro groups is 1. The van der Waals surface area contributed by atoms with E-state index in [0.717, 1.165) is 28.3 Å². The monoisotopic (exact) mass is 397 g/mol. The number of thiazole rings is 1. The first-order valence-corrected chi connectivity index (χ1v) is 9.43. The molecule has 1 aromatic heterocycles. The Morgan fingerprint density at radius 2 is 1.82 bits per heavy atom. The van der Waals surface area contributed by atoms with Gasteiger partial charge in [0.25, 0.3) is 11.6 Å². The summed E-state index contributed by atoms with van der Waals surface area (Å²) in [6, 6.07) is 13.2. The van der Waals surface area contributed by atoms with Gasteiger partial charge in [-0.05, 0) is 48.4 Å². The Kier molecular flexibility index (Phi) is 5.70. The van der Waals surface area contributed by atoms with E-state index in [1.807, 2.05) is 35.9 Å². The third-order valence-corrected chi connectivity index (χ3v) is 5.58. The SMILES string of the molecule is CCc1sc(=NC(=O)c2ccc([N+](=O)[O-])cc2)n(C)c1-c1ccc(OC)cc1. The first-order chi connectivity index (χ1) is 13.4. The van der Waals surface area contributed by atoms with Crippen molar-refractivity contribution in [1.29, 1.82) is 0 Å². The maximum atomic E-state index is 12.5. The Morgan fingerprint density at radius 1 is 1.18 bits per heavy atom. The fraction of sp³-hybridized carbons (Fsp3) is 0.200. The van der Waals surface area contributed by atoms with Gasteiger partial charge in [0, 0.05) is 29.6 Å². The maximum Gasteiger partial charge on any atom is 0.279 e. The highest BCUT2D eigenvalue weighted by molar-refractivity contribution is 7.09. The Balaban J connectivity index is 2.01. The molecular weight excluding hydrogens is 378 g/mol. The van der Waals surface area contributed by atoms with Gasteiger partial charge in [0.15, 0.2) is 4.80 Å². The highest BCUT2D eigenvalue weighted by Gasteiger charge is 2.14. The average Bonchev–Trinajstić information content (AvgIpc) is 3.03. The van der Waals surface area contributed by atoms with Crippen LogP contribution in [-0.2, 0) is 13.5 Å². The number of aromatic nitrogens is 1. The molecule has 0 aliphatic rings. The number of ether oxygens (including phenoxy) is 1. The number of carbonyl (C=O) groups is 1. The summed E-state index contributed by atoms with van der Waals surface area (Å²) in [4.78, 5) is 28.7. The van der Waals surface area contributed by atoms with Crippen molar-refractivity contribution in [3.05, 3.63) is 73.9 Å². The van der Waals surface area contributed by atoms with E-state index >= 15 is 0 Å². The number of benzene rings is 2. The second-order valence-electron chi connectivity index (χ2n) is 6.02. The quantitative estimate of drug-likeness (QED) is 0.481. The van der Waals surface area contributed by atoms with Gasteiger partial charge in [0.2, 0.25) is 0 Å². The molecule has 0 unspecified atom stereocenters. The minimum Gasteiger partial charge on any atom is -0.497 e. The first-order valence-electron chi connectivity index (χ1n) is 8.61. The molecule has 0 radical (unpaired) electrons. The van der Waals surface area contributed by atoms with Gasteiger partial charge in [-0.2, -0.15) is 4.99 Å². The Hall–Kier alpha value is -3.26. The highest BCUT2D eigenvalue weighted by Crippen LogP contribution is 2.27. The Labute approximate surface area is 165 Å². The lowest BCUT2D eigenvalue weighted by molar-refractivity contribution is -0.384. The number of aryl methyl sites for hydroxylation is 1. The van der Waals surface area contributed by atoms with E-state index in [0.29, 0.717) is 10.4 Å². The fourth-order valence-electron chi connectivity index (χ4n) is 2.83. The molecule has 1 heterocycles. The maximum absolute atomic E-state index is 12.5. The molecule has 0 saturated heterocycles. The summed E-state index contributed by atoms with van der Waals surface area (Å²) in [5.41, 5.74) is 2.27. The largest absolute Gasteiger partial charge is 0.497 e. The van der Waals surface area contributed by atoms with Crippen LogP contribution in [0.4, 0.5) is 5.69 Å². The topological polar surface area (TPSA) is 86.7 Å². The fourth-order valence-corrected chi connectivity index (χ4v) is 3.90. The highest BCUT2D eigenvalue weighted by atomic mass is 32.1. The standard InChI is InChI=1S/C20H19N3O4S/c1-4-17-18(13-7-11-16(27-3)12-8-13)22(2)20(28-17)21-19(24)14-5-9-15(10-6-14)23(25)26/h5-12H,4H2,1-3H3. The van der Waals surface area contributed by atoms with Crippen molar-refractivity contribution >= 4 is 22.9 Å². The summed E-state index contributed by atoms with van der Waals surface area (Å²) in [6.45, 7) is 2.06. The molecule has 0 N–H and O–H groups in total. The molecule has 0 atom stereocenters. The molecule has 7 nitrogen and oxygen atoms in total. The molecular formula is C20H19N3O4S. The van der Waals surface area contributed by atoms with Crippen molar-refractivity contribution in [2.75, 3.05) is 7.11 Å². The van der Waals surface area contributed by atoms with Gasteiger partial charge in [0.05, 0.1) is 17.7 Å². The van der Waals surface area contributed by atoms with Crippen LogP contribution in [0.15, 0.2) is 53.5 Å². The van der Waals surface area contributed by atoms with Crippen LogP contribution in [0.3, 0.4) is 0 Å². The Morgan fingerprint density at radius 3 is 2.36 bits per heavy atom. The van der Waals surface area contributed by atoms with Crippen LogP contribution in [0.2, 0.25) is 0 Å². The lowest BCUT2D eigenvalue weighted by atomic mass is 10.1. The van der Waals surface area contributed by atoms with Crippen LogP contribution in [-0.4, -0.2) is 22.5 Å². The third kappa shape index (κ3) is 3.86. The number of hydrogen-bond acceptors (Lipinski definition) is 5. The molecule has 0 aliphatic carbocycles. The summed E-state index contributed by atoms with van der Waals surface area (Å²) < 4.78 is 7.11. The van der Waals surface area contributed by atoms with Crippen LogP contribution < -0.4 is 9.54 Å². The molecule has 1 amide bonds. The third-order valence-electron chi connectivity index (χ3n) is 4.31. The summed E-state index contributed by atoms with van der Waals surface area (Å²) >= 11 is 1.46. The minimum atomic E-state index is -0.501. The van der Waals surface area contributed by atoms with Crippen molar-refractivity contribution in [3.8, 4) is 17.0 Å². The minimum absolute atomic E-state index is 0.0618. The van der Waals surface area contributed by atoms with Gasteiger partial charge in [-0.15, -0.1) is 11.3 Å². The summed E-state index contributed by atoms with van der Waals surface area (Å²) in [7, 11) is 3.50. The molecule has 0 bridgehead atoms. The predicted octanol–water partition coefficient (Wildman–Crippen LogP) is 3.97. The van der Waals surface area contributed by atoms with Crippen molar-refractivity contribution in [2.45, 2.75) is 13.3 Å². The number of hydrogen-bond donors (Lipinski definition) is 0. The summed E-state index contributed by atoms with van der Waals surface area (Å²) in [5.74, 6) is 0.341. The zero-order chi connectivity index (χ0) is 20.3. The van der Waals surface area contributed by atoms with E-state index in [2.05, 4.69) is 11.9 Å². The van der Waals surface area contributed by atoms with Crippen molar-refractivity contribution < 1.29 is 14.5 Å². The number of methoxy groups -OCH3 is 1. The number of carbonyl (C=O) groups excluding carboxylic acids is 1. The lowest BCUT2D eigenvalue weighted by Crippen LogP contribution is -2.14.